The summed E-state index contributed by atoms with van der Waals surface area (Å²) in [5.41, 5.74) is 0. The van der Waals surface area contributed by atoms with Gasteiger partial charge in [0.15, 0.2) is 0 Å². The summed E-state index contributed by atoms with van der Waals surface area (Å²) in [7, 11) is 2.07. The van der Waals surface area contributed by atoms with Gasteiger partial charge < -0.3 is 9.84 Å². The van der Waals surface area contributed by atoms with Crippen LogP contribution in [0.5, 0.6) is 0 Å². The van der Waals surface area contributed by atoms with Gasteiger partial charge in [0.25, 0.3) is 0 Å². The maximum absolute atomic E-state index is 10.1. The first-order chi connectivity index (χ1) is 9.13. The number of nitrogens with zero attached hydrogens (tertiary/aromatic N) is 2. The summed E-state index contributed by atoms with van der Waals surface area (Å²) in [6, 6.07) is 4.32. The second kappa shape index (κ2) is 7.36. The van der Waals surface area contributed by atoms with Crippen LogP contribution in [0.4, 0.5) is 0 Å². The van der Waals surface area contributed by atoms with E-state index in [1.807, 2.05) is 11.3 Å². The Kier molecular flexibility index (Phi) is 5.78. The zero-order chi connectivity index (χ0) is 13.7. The van der Waals surface area contributed by atoms with Crippen molar-refractivity contribution in [3.63, 3.8) is 0 Å². The number of aryl methyl sites for hydroxylation is 1. The lowest BCUT2D eigenvalue weighted by atomic mass is 10.2. The average molecular weight is 284 g/mol. The van der Waals surface area contributed by atoms with E-state index in [1.165, 1.54) is 9.75 Å². The van der Waals surface area contributed by atoms with E-state index in [9.17, 15) is 5.11 Å². The topological polar surface area (TPSA) is 35.9 Å². The molecule has 1 aromatic heterocycles. The smallest absolute Gasteiger partial charge is 0.0793 e. The largest absolute Gasteiger partial charge is 0.390 e. The first kappa shape index (κ1) is 14.9. The fourth-order valence-corrected chi connectivity index (χ4v) is 3.37. The Hall–Kier alpha value is -0.460. The summed E-state index contributed by atoms with van der Waals surface area (Å²) in [5.74, 6) is 0. The van der Waals surface area contributed by atoms with Gasteiger partial charge in [0.1, 0.15) is 0 Å². The molecule has 0 spiro atoms. The Morgan fingerprint density at radius 3 is 2.79 bits per heavy atom. The van der Waals surface area contributed by atoms with Gasteiger partial charge in [-0.15, -0.1) is 11.3 Å². The number of hydrogen-bond donors (Lipinski definition) is 1. The van der Waals surface area contributed by atoms with Crippen LogP contribution >= 0.6 is 11.3 Å². The minimum atomic E-state index is -0.288. The fraction of sp³-hybridized carbons (Fsp3) is 0.714. The summed E-state index contributed by atoms with van der Waals surface area (Å²) in [5, 5.41) is 10.1. The molecule has 1 aliphatic heterocycles. The van der Waals surface area contributed by atoms with Crippen LogP contribution in [-0.4, -0.2) is 67.5 Å². The van der Waals surface area contributed by atoms with Gasteiger partial charge in [-0.1, -0.05) is 0 Å². The molecule has 1 aromatic rings. The number of aliphatic hydroxyl groups excluding tert-OH is 1. The Labute approximate surface area is 119 Å². The molecule has 4 nitrogen and oxygen atoms in total. The highest BCUT2D eigenvalue weighted by molar-refractivity contribution is 7.11. The van der Waals surface area contributed by atoms with Gasteiger partial charge in [-0.25, -0.2) is 0 Å². The molecule has 2 heterocycles. The maximum Gasteiger partial charge on any atom is 0.0793 e. The molecule has 0 saturated carbocycles. The van der Waals surface area contributed by atoms with E-state index in [1.54, 1.807) is 0 Å². The molecule has 1 atom stereocenters. The molecule has 0 aliphatic carbocycles. The summed E-state index contributed by atoms with van der Waals surface area (Å²) < 4.78 is 5.31. The first-order valence-electron chi connectivity index (χ1n) is 6.85. The van der Waals surface area contributed by atoms with Gasteiger partial charge in [0.2, 0.25) is 0 Å². The van der Waals surface area contributed by atoms with E-state index < -0.39 is 0 Å². The molecule has 2 rings (SSSR count). The Morgan fingerprint density at radius 2 is 2.16 bits per heavy atom. The van der Waals surface area contributed by atoms with E-state index in [-0.39, 0.29) is 6.10 Å². The predicted molar refractivity (Wildman–Crippen MR) is 78.7 cm³/mol. The molecular formula is C14H24N2O2S. The molecule has 1 aliphatic rings. The molecule has 0 aromatic carbocycles. The molecule has 5 heteroatoms. The molecule has 19 heavy (non-hydrogen) atoms. The maximum atomic E-state index is 10.1. The van der Waals surface area contributed by atoms with Crippen LogP contribution in [-0.2, 0) is 11.3 Å². The molecule has 0 amide bonds. The highest BCUT2D eigenvalue weighted by Crippen LogP contribution is 2.16. The van der Waals surface area contributed by atoms with Crippen molar-refractivity contribution in [1.82, 2.24) is 9.80 Å². The van der Waals surface area contributed by atoms with E-state index >= 15 is 0 Å². The molecule has 1 N–H and O–H groups in total. The number of likely N-dealkylation sites (N-methyl/N-ethyl adjacent to an activating group) is 1. The Balaban J connectivity index is 1.70. The lowest BCUT2D eigenvalue weighted by Gasteiger charge is -2.30. The van der Waals surface area contributed by atoms with Crippen LogP contribution in [0.3, 0.4) is 0 Å². The SMILES string of the molecule is Cc1ccc(CN(C)CC(O)CN2CCOCC2)s1. The lowest BCUT2D eigenvalue weighted by molar-refractivity contribution is 0.00830. The van der Waals surface area contributed by atoms with Crippen molar-refractivity contribution < 1.29 is 9.84 Å². The van der Waals surface area contributed by atoms with Gasteiger partial charge >= 0.3 is 0 Å². The van der Waals surface area contributed by atoms with E-state index in [4.69, 9.17) is 4.74 Å². The van der Waals surface area contributed by atoms with Crippen LogP contribution in [0, 0.1) is 6.92 Å². The van der Waals surface area contributed by atoms with Crippen LogP contribution in [0.15, 0.2) is 12.1 Å². The zero-order valence-corrected chi connectivity index (χ0v) is 12.7. The molecule has 1 unspecified atom stereocenters. The normalized spacial score (nSPS) is 18.9. The van der Waals surface area contributed by atoms with Crippen LogP contribution in [0.2, 0.25) is 0 Å². The molecule has 1 saturated heterocycles. The average Bonchev–Trinajstić information content (AvgIpc) is 2.75. The number of ether oxygens (including phenoxy) is 1. The van der Waals surface area contributed by atoms with Crippen molar-refractivity contribution in [1.29, 1.82) is 0 Å². The monoisotopic (exact) mass is 284 g/mol. The first-order valence-corrected chi connectivity index (χ1v) is 7.67. The molecule has 0 bridgehead atoms. The molecule has 108 valence electrons. The van der Waals surface area contributed by atoms with Gasteiger partial charge in [-0.3, -0.25) is 9.80 Å². The highest BCUT2D eigenvalue weighted by atomic mass is 32.1. The van der Waals surface area contributed by atoms with Crippen LogP contribution in [0.1, 0.15) is 9.75 Å². The number of aliphatic hydroxyl groups is 1. The van der Waals surface area contributed by atoms with Crippen molar-refractivity contribution in [2.45, 2.75) is 19.6 Å². The van der Waals surface area contributed by atoms with Crippen molar-refractivity contribution in [2.75, 3.05) is 46.4 Å². The predicted octanol–water partition coefficient (Wildman–Crippen LogP) is 1.18. The quantitative estimate of drug-likeness (QED) is 0.851. The second-order valence-corrected chi connectivity index (χ2v) is 6.65. The standard InChI is InChI=1S/C14H24N2O2S/c1-12-3-4-14(19-12)11-15(2)9-13(17)10-16-5-7-18-8-6-16/h3-4,13,17H,5-11H2,1-2H3. The van der Waals surface area contributed by atoms with Crippen molar-refractivity contribution in [3.8, 4) is 0 Å². The van der Waals surface area contributed by atoms with Gasteiger partial charge in [0.05, 0.1) is 19.3 Å². The number of thiophene rings is 1. The number of rotatable bonds is 6. The van der Waals surface area contributed by atoms with Crippen molar-refractivity contribution in [3.05, 3.63) is 21.9 Å². The third-order valence-corrected chi connectivity index (χ3v) is 4.30. The highest BCUT2D eigenvalue weighted by Gasteiger charge is 2.16. The number of hydrogen-bond acceptors (Lipinski definition) is 5. The zero-order valence-electron chi connectivity index (χ0n) is 11.8. The summed E-state index contributed by atoms with van der Waals surface area (Å²) in [6.45, 7) is 7.95. The van der Waals surface area contributed by atoms with E-state index in [0.717, 1.165) is 39.4 Å². The third kappa shape index (κ3) is 5.20. The number of morpholine rings is 1. The van der Waals surface area contributed by atoms with Crippen molar-refractivity contribution in [2.24, 2.45) is 0 Å². The van der Waals surface area contributed by atoms with Crippen LogP contribution < -0.4 is 0 Å². The van der Waals surface area contributed by atoms with E-state index in [0.29, 0.717) is 6.54 Å². The summed E-state index contributed by atoms with van der Waals surface area (Å²) >= 11 is 1.83. The molecular weight excluding hydrogens is 260 g/mol. The summed E-state index contributed by atoms with van der Waals surface area (Å²) in [6.07, 6.45) is -0.288. The molecule has 0 radical (unpaired) electrons. The minimum Gasteiger partial charge on any atom is -0.390 e. The van der Waals surface area contributed by atoms with Gasteiger partial charge in [0, 0.05) is 42.5 Å². The van der Waals surface area contributed by atoms with Crippen LogP contribution in [0.25, 0.3) is 0 Å². The molecule has 1 fully saturated rings. The Bertz CT molecular complexity index is 377. The lowest BCUT2D eigenvalue weighted by Crippen LogP contribution is -2.43. The minimum absolute atomic E-state index is 0.288. The second-order valence-electron chi connectivity index (χ2n) is 5.28. The van der Waals surface area contributed by atoms with E-state index in [2.05, 4.69) is 35.9 Å². The third-order valence-electron chi connectivity index (χ3n) is 3.32. The Morgan fingerprint density at radius 1 is 1.42 bits per heavy atom. The number of β-amino-alcohol motifs (C(OH)–C–C–N with tert-alkyl or cyclic N) is 1. The fourth-order valence-electron chi connectivity index (χ4n) is 2.40. The summed E-state index contributed by atoms with van der Waals surface area (Å²) in [4.78, 5) is 7.17. The van der Waals surface area contributed by atoms with Gasteiger partial charge in [-0.2, -0.15) is 0 Å². The van der Waals surface area contributed by atoms with Crippen molar-refractivity contribution >= 4 is 11.3 Å². The van der Waals surface area contributed by atoms with Gasteiger partial charge in [-0.05, 0) is 26.1 Å².